The normalized spacial score (nSPS) is 18.6. The van der Waals surface area contributed by atoms with Gasteiger partial charge in [0.25, 0.3) is 5.56 Å². The fraction of sp³-hybridized carbons (Fsp3) is 0.333. The molecule has 0 bridgehead atoms. The van der Waals surface area contributed by atoms with E-state index in [1.165, 1.54) is 16.7 Å². The molecule has 0 unspecified atom stereocenters. The van der Waals surface area contributed by atoms with Gasteiger partial charge in [-0.3, -0.25) is 4.79 Å². The van der Waals surface area contributed by atoms with Gasteiger partial charge in [0, 0.05) is 42.3 Å². The summed E-state index contributed by atoms with van der Waals surface area (Å²) in [5.41, 5.74) is 1.68. The third-order valence-electron chi connectivity index (χ3n) is 6.10. The monoisotopic (exact) mass is 490 g/mol. The molecule has 4 rings (SSSR count). The molecule has 0 amide bonds. The molecule has 2 aromatic carbocycles. The number of pyridine rings is 1. The van der Waals surface area contributed by atoms with Crippen LogP contribution in [0.25, 0.3) is 10.9 Å². The number of aryl methyl sites for hydroxylation is 1. The van der Waals surface area contributed by atoms with Gasteiger partial charge in [-0.1, -0.05) is 18.5 Å². The molecular weight excluding hydrogens is 469 g/mol. The summed E-state index contributed by atoms with van der Waals surface area (Å²) < 4.78 is 42.5. The molecule has 1 N–H and O–H groups in total. The minimum absolute atomic E-state index is 0.0533. The number of rotatable bonds is 4. The highest BCUT2D eigenvalue weighted by Crippen LogP contribution is 2.34. The Kier molecular flexibility index (Phi) is 6.36. The van der Waals surface area contributed by atoms with Crippen LogP contribution in [0, 0.1) is 17.2 Å². The Balaban J connectivity index is 1.56. The van der Waals surface area contributed by atoms with Crippen LogP contribution in [-0.2, 0) is 7.05 Å². The number of anilines is 2. The van der Waals surface area contributed by atoms with Gasteiger partial charge in [-0.25, -0.2) is 0 Å². The van der Waals surface area contributed by atoms with E-state index in [1.54, 1.807) is 37.4 Å². The molecule has 2 atom stereocenters. The highest BCUT2D eigenvalue weighted by atomic mass is 35.5. The molecule has 1 fully saturated rings. The lowest BCUT2D eigenvalue weighted by atomic mass is 9.92. The molecule has 0 saturated carbocycles. The number of halogens is 4. The zero-order valence-electron chi connectivity index (χ0n) is 18.5. The van der Waals surface area contributed by atoms with Crippen LogP contribution in [0.15, 0.2) is 47.3 Å². The number of nitrogens with one attached hydrogen (secondary N) is 1. The lowest BCUT2D eigenvalue weighted by Gasteiger charge is -2.39. The van der Waals surface area contributed by atoms with Crippen molar-refractivity contribution >= 4 is 33.9 Å². The molecule has 1 aliphatic heterocycles. The zero-order valence-corrected chi connectivity index (χ0v) is 19.2. The molecule has 6 nitrogen and oxygen atoms in total. The maximum Gasteiger partial charge on any atom is 0.573 e. The number of nitriles is 1. The number of piperidine rings is 1. The van der Waals surface area contributed by atoms with Gasteiger partial charge in [0.2, 0.25) is 0 Å². The van der Waals surface area contributed by atoms with E-state index in [2.05, 4.69) is 16.1 Å². The standard InChI is InChI=1S/C24H22ClF3N4O2/c1-14-13-32(10-9-20(14)30-16-4-6-17(7-5-16)34-24(26,27)28)22-18-11-15(25)3-8-21(18)31(2)23(33)19(22)12-29/h3-8,11,14,20,30H,9-10,13H2,1-2H3/t14-,20+/m0/s1. The molecular formula is C24H22ClF3N4O2. The second-order valence-electron chi connectivity index (χ2n) is 8.40. The van der Waals surface area contributed by atoms with Crippen LogP contribution < -0.4 is 20.5 Å². The van der Waals surface area contributed by atoms with Gasteiger partial charge in [-0.05, 0) is 54.8 Å². The van der Waals surface area contributed by atoms with Crippen molar-refractivity contribution < 1.29 is 17.9 Å². The molecule has 2 heterocycles. The maximum atomic E-state index is 12.9. The van der Waals surface area contributed by atoms with Crippen molar-refractivity contribution in [1.82, 2.24) is 4.57 Å². The molecule has 178 valence electrons. The number of alkyl halides is 3. The molecule has 34 heavy (non-hydrogen) atoms. The van der Waals surface area contributed by atoms with Crippen LogP contribution >= 0.6 is 11.6 Å². The molecule has 1 saturated heterocycles. The second-order valence-corrected chi connectivity index (χ2v) is 8.83. The van der Waals surface area contributed by atoms with E-state index in [4.69, 9.17) is 11.6 Å². The van der Waals surface area contributed by atoms with E-state index in [-0.39, 0.29) is 28.8 Å². The summed E-state index contributed by atoms with van der Waals surface area (Å²) in [6.07, 6.45) is -4.03. The van der Waals surface area contributed by atoms with E-state index in [9.17, 15) is 23.2 Å². The van der Waals surface area contributed by atoms with Gasteiger partial charge in [0.15, 0.2) is 0 Å². The van der Waals surface area contributed by atoms with E-state index in [0.29, 0.717) is 41.4 Å². The number of nitrogens with zero attached hydrogens (tertiary/aromatic N) is 3. The van der Waals surface area contributed by atoms with Gasteiger partial charge in [-0.2, -0.15) is 5.26 Å². The predicted octanol–water partition coefficient (Wildman–Crippen LogP) is 5.29. The van der Waals surface area contributed by atoms with E-state index in [0.717, 1.165) is 5.39 Å². The summed E-state index contributed by atoms with van der Waals surface area (Å²) in [6, 6.07) is 13.0. The Morgan fingerprint density at radius 2 is 1.91 bits per heavy atom. The fourth-order valence-corrected chi connectivity index (χ4v) is 4.63. The number of ether oxygens (including phenoxy) is 1. The Morgan fingerprint density at radius 3 is 2.53 bits per heavy atom. The molecule has 1 aromatic heterocycles. The molecule has 1 aliphatic rings. The van der Waals surface area contributed by atoms with Gasteiger partial charge in [0.1, 0.15) is 17.4 Å². The summed E-state index contributed by atoms with van der Waals surface area (Å²) in [5.74, 6) is -0.161. The summed E-state index contributed by atoms with van der Waals surface area (Å²) in [6.45, 7) is 3.21. The van der Waals surface area contributed by atoms with Crippen LogP contribution in [0.5, 0.6) is 5.75 Å². The fourth-order valence-electron chi connectivity index (χ4n) is 4.46. The molecule has 0 aliphatic carbocycles. The number of fused-ring (bicyclic) bond motifs is 1. The Morgan fingerprint density at radius 1 is 1.21 bits per heavy atom. The molecule has 3 aromatic rings. The van der Waals surface area contributed by atoms with Gasteiger partial charge >= 0.3 is 6.36 Å². The van der Waals surface area contributed by atoms with Crippen molar-refractivity contribution in [2.75, 3.05) is 23.3 Å². The highest BCUT2D eigenvalue weighted by Gasteiger charge is 2.32. The quantitative estimate of drug-likeness (QED) is 0.538. The Labute approximate surface area is 199 Å². The summed E-state index contributed by atoms with van der Waals surface area (Å²) in [4.78, 5) is 14.9. The van der Waals surface area contributed by atoms with Crippen LogP contribution in [0.4, 0.5) is 24.5 Å². The van der Waals surface area contributed by atoms with E-state index in [1.807, 2.05) is 11.8 Å². The number of hydrogen-bond acceptors (Lipinski definition) is 5. The summed E-state index contributed by atoms with van der Waals surface area (Å²) in [7, 11) is 1.63. The lowest BCUT2D eigenvalue weighted by molar-refractivity contribution is -0.274. The third kappa shape index (κ3) is 4.77. The number of aromatic nitrogens is 1. The average Bonchev–Trinajstić information content (AvgIpc) is 2.77. The van der Waals surface area contributed by atoms with Crippen molar-refractivity contribution in [1.29, 1.82) is 5.26 Å². The smallest absolute Gasteiger partial charge is 0.406 e. The van der Waals surface area contributed by atoms with Crippen molar-refractivity contribution in [2.24, 2.45) is 13.0 Å². The molecule has 0 spiro atoms. The highest BCUT2D eigenvalue weighted by molar-refractivity contribution is 6.31. The molecule has 0 radical (unpaired) electrons. The topological polar surface area (TPSA) is 70.3 Å². The largest absolute Gasteiger partial charge is 0.573 e. The van der Waals surface area contributed by atoms with Gasteiger partial charge < -0.3 is 19.5 Å². The predicted molar refractivity (Wildman–Crippen MR) is 125 cm³/mol. The van der Waals surface area contributed by atoms with Crippen molar-refractivity contribution in [2.45, 2.75) is 25.7 Å². The van der Waals surface area contributed by atoms with Crippen molar-refractivity contribution in [3.63, 3.8) is 0 Å². The SMILES string of the molecule is C[C@H]1CN(c2c(C#N)c(=O)n(C)c3ccc(Cl)cc23)CC[C@H]1Nc1ccc(OC(F)(F)F)cc1. The van der Waals surface area contributed by atoms with Crippen LogP contribution in [-0.4, -0.2) is 30.1 Å². The molecule has 10 heteroatoms. The summed E-state index contributed by atoms with van der Waals surface area (Å²) in [5, 5.41) is 14.4. The number of hydrogen-bond donors (Lipinski definition) is 1. The summed E-state index contributed by atoms with van der Waals surface area (Å²) >= 11 is 6.24. The minimum Gasteiger partial charge on any atom is -0.406 e. The van der Waals surface area contributed by atoms with Gasteiger partial charge in [-0.15, -0.1) is 13.2 Å². The Bertz CT molecular complexity index is 1320. The van der Waals surface area contributed by atoms with Crippen LogP contribution in [0.1, 0.15) is 18.9 Å². The maximum absolute atomic E-state index is 12.9. The minimum atomic E-state index is -4.73. The van der Waals surface area contributed by atoms with Crippen LogP contribution in [0.3, 0.4) is 0 Å². The first-order valence-corrected chi connectivity index (χ1v) is 11.0. The zero-order chi connectivity index (χ0) is 24.6. The third-order valence-corrected chi connectivity index (χ3v) is 6.34. The van der Waals surface area contributed by atoms with E-state index < -0.39 is 6.36 Å². The lowest BCUT2D eigenvalue weighted by Crippen LogP contribution is -2.46. The second kappa shape index (κ2) is 9.11. The van der Waals surface area contributed by atoms with E-state index >= 15 is 0 Å². The first-order chi connectivity index (χ1) is 16.1. The van der Waals surface area contributed by atoms with Crippen molar-refractivity contribution in [3.05, 3.63) is 63.4 Å². The Hall–Kier alpha value is -3.38. The first-order valence-electron chi connectivity index (χ1n) is 10.7. The average molecular weight is 491 g/mol. The van der Waals surface area contributed by atoms with Crippen LogP contribution in [0.2, 0.25) is 5.02 Å². The number of benzene rings is 2. The van der Waals surface area contributed by atoms with Gasteiger partial charge in [0.05, 0.1) is 11.2 Å². The first kappa shape index (κ1) is 23.8. The van der Waals surface area contributed by atoms with Crippen molar-refractivity contribution in [3.8, 4) is 11.8 Å².